The number of benzene rings is 2. The number of rotatable bonds is 5. The highest BCUT2D eigenvalue weighted by Gasteiger charge is 2.48. The number of hydrazine groups is 1. The van der Waals surface area contributed by atoms with Crippen LogP contribution in [0.25, 0.3) is 11.1 Å². The lowest BCUT2D eigenvalue weighted by Gasteiger charge is -2.39. The first-order chi connectivity index (χ1) is 16.8. The van der Waals surface area contributed by atoms with Gasteiger partial charge in [0.05, 0.1) is 13.1 Å². The van der Waals surface area contributed by atoms with Crippen LogP contribution < -0.4 is 15.6 Å². The van der Waals surface area contributed by atoms with Gasteiger partial charge in [0, 0.05) is 13.1 Å². The van der Waals surface area contributed by atoms with Gasteiger partial charge < -0.3 is 14.5 Å². The van der Waals surface area contributed by atoms with Crippen LogP contribution in [-0.2, 0) is 14.9 Å². The molecule has 3 unspecified atom stereocenters. The summed E-state index contributed by atoms with van der Waals surface area (Å²) >= 11 is 0. The Bertz CT molecular complexity index is 1270. The number of nitrogens with zero attached hydrogens (tertiary/aromatic N) is 3. The minimum absolute atomic E-state index is 0.0559. The number of alkyl halides is 1. The Kier molecular flexibility index (Phi) is 5.75. The number of alkyl carbamates (subject to hydrolysis) is 1. The standard InChI is InChI=1S/C23H22F3N5O4/c1-23(13-5-3-2-4-6-13,16-11-27-22(33)34-16)20(32)29-30-9-10-31(17(25)12-30)21-28-15-8-7-14(24)18(26)19(15)35-21/h2-8,16-17H,9-12H2,1H3,(H,27,33)(H,29,32). The third kappa shape index (κ3) is 4.03. The number of fused-ring (bicyclic) bond motifs is 1. The predicted molar refractivity (Wildman–Crippen MR) is 118 cm³/mol. The Morgan fingerprint density at radius 1 is 1.20 bits per heavy atom. The van der Waals surface area contributed by atoms with E-state index in [4.69, 9.17) is 9.15 Å². The number of aromatic nitrogens is 1. The summed E-state index contributed by atoms with van der Waals surface area (Å²) in [4.78, 5) is 30.4. The molecular formula is C23H22F3N5O4. The zero-order valence-electron chi connectivity index (χ0n) is 18.6. The van der Waals surface area contributed by atoms with Crippen LogP contribution in [0.1, 0.15) is 12.5 Å². The molecule has 9 nitrogen and oxygen atoms in total. The number of hydrogen-bond acceptors (Lipinski definition) is 7. The Labute approximate surface area is 197 Å². The van der Waals surface area contributed by atoms with Gasteiger partial charge >= 0.3 is 12.1 Å². The van der Waals surface area contributed by atoms with Crippen LogP contribution in [0.3, 0.4) is 0 Å². The van der Waals surface area contributed by atoms with Crippen LogP contribution in [0.2, 0.25) is 0 Å². The highest BCUT2D eigenvalue weighted by Crippen LogP contribution is 2.33. The molecule has 35 heavy (non-hydrogen) atoms. The highest BCUT2D eigenvalue weighted by molar-refractivity contribution is 5.89. The fraction of sp³-hybridized carbons (Fsp3) is 0.348. The number of oxazole rings is 1. The monoisotopic (exact) mass is 489 g/mol. The molecule has 2 aromatic carbocycles. The molecule has 3 heterocycles. The van der Waals surface area contributed by atoms with Crippen molar-refractivity contribution >= 4 is 29.1 Å². The maximum absolute atomic E-state index is 15.1. The molecule has 0 radical (unpaired) electrons. The molecule has 2 amide bonds. The number of hydrogen-bond donors (Lipinski definition) is 2. The van der Waals surface area contributed by atoms with Gasteiger partial charge in [-0.1, -0.05) is 30.3 Å². The second-order valence-corrected chi connectivity index (χ2v) is 8.56. The summed E-state index contributed by atoms with van der Waals surface area (Å²) in [7, 11) is 0. The normalized spacial score (nSPS) is 22.5. The number of anilines is 1. The lowest BCUT2D eigenvalue weighted by Crippen LogP contribution is -2.61. The first-order valence-corrected chi connectivity index (χ1v) is 11.0. The number of halogens is 3. The van der Waals surface area contributed by atoms with Gasteiger partial charge in [0.25, 0.3) is 0 Å². The second kappa shape index (κ2) is 8.77. The van der Waals surface area contributed by atoms with Crippen molar-refractivity contribution in [3.63, 3.8) is 0 Å². The molecule has 12 heteroatoms. The number of ether oxygens (including phenoxy) is 1. The third-order valence-corrected chi connectivity index (χ3v) is 6.43. The zero-order valence-corrected chi connectivity index (χ0v) is 18.6. The second-order valence-electron chi connectivity index (χ2n) is 8.56. The van der Waals surface area contributed by atoms with E-state index in [2.05, 4.69) is 15.7 Å². The Morgan fingerprint density at radius 2 is 1.97 bits per heavy atom. The molecule has 3 aromatic rings. The zero-order chi connectivity index (χ0) is 24.7. The SMILES string of the molecule is CC(C(=O)NN1CCN(c2nc3ccc(F)c(F)c3o2)C(F)C1)(c1ccccc1)C1CNC(=O)O1. The van der Waals surface area contributed by atoms with Crippen molar-refractivity contribution in [3.8, 4) is 0 Å². The van der Waals surface area contributed by atoms with Gasteiger partial charge in [-0.25, -0.2) is 18.6 Å². The molecule has 0 bridgehead atoms. The summed E-state index contributed by atoms with van der Waals surface area (Å²) in [6, 6.07) is 10.9. The van der Waals surface area contributed by atoms with Crippen molar-refractivity contribution in [2.75, 3.05) is 31.1 Å². The summed E-state index contributed by atoms with van der Waals surface area (Å²) in [5, 5.41) is 3.98. The fourth-order valence-corrected chi connectivity index (χ4v) is 4.32. The summed E-state index contributed by atoms with van der Waals surface area (Å²) in [6.07, 6.45) is -3.04. The van der Waals surface area contributed by atoms with Crippen molar-refractivity contribution in [3.05, 3.63) is 59.7 Å². The fourth-order valence-electron chi connectivity index (χ4n) is 4.32. The van der Waals surface area contributed by atoms with Gasteiger partial charge in [-0.05, 0) is 24.6 Å². The first-order valence-electron chi connectivity index (χ1n) is 11.0. The molecule has 1 aromatic heterocycles. The van der Waals surface area contributed by atoms with E-state index in [0.717, 1.165) is 6.07 Å². The van der Waals surface area contributed by atoms with Crippen molar-refractivity contribution < 1.29 is 31.9 Å². The van der Waals surface area contributed by atoms with E-state index in [-0.39, 0.29) is 43.3 Å². The van der Waals surface area contributed by atoms with E-state index in [1.807, 2.05) is 0 Å². The minimum Gasteiger partial charge on any atom is -0.443 e. The molecule has 2 saturated heterocycles. The molecular weight excluding hydrogens is 467 g/mol. The summed E-state index contributed by atoms with van der Waals surface area (Å²) in [6.45, 7) is 1.81. The average molecular weight is 489 g/mol. The summed E-state index contributed by atoms with van der Waals surface area (Å²) < 4.78 is 53.2. The van der Waals surface area contributed by atoms with Gasteiger partial charge in [-0.15, -0.1) is 0 Å². The van der Waals surface area contributed by atoms with Crippen LogP contribution in [0.15, 0.2) is 46.9 Å². The molecule has 2 N–H and O–H groups in total. The van der Waals surface area contributed by atoms with Gasteiger partial charge in [-0.3, -0.25) is 15.1 Å². The van der Waals surface area contributed by atoms with Gasteiger partial charge in [-0.2, -0.15) is 9.37 Å². The average Bonchev–Trinajstić information content (AvgIpc) is 3.48. The van der Waals surface area contributed by atoms with Crippen molar-refractivity contribution in [1.82, 2.24) is 20.7 Å². The highest BCUT2D eigenvalue weighted by atomic mass is 19.2. The Hall–Kier alpha value is -3.80. The summed E-state index contributed by atoms with van der Waals surface area (Å²) in [5.41, 5.74) is 1.81. The number of carbonyl (C=O) groups excluding carboxylic acids is 2. The Morgan fingerprint density at radius 3 is 2.66 bits per heavy atom. The van der Waals surface area contributed by atoms with E-state index in [0.29, 0.717) is 5.56 Å². The van der Waals surface area contributed by atoms with Crippen LogP contribution in [-0.4, -0.2) is 60.6 Å². The molecule has 184 valence electrons. The Balaban J connectivity index is 1.32. The molecule has 5 rings (SSSR count). The van der Waals surface area contributed by atoms with Crippen molar-refractivity contribution in [2.45, 2.75) is 24.7 Å². The number of piperazine rings is 1. The molecule has 0 spiro atoms. The van der Waals surface area contributed by atoms with Gasteiger partial charge in [0.2, 0.25) is 11.7 Å². The minimum atomic E-state index is -1.65. The van der Waals surface area contributed by atoms with E-state index < -0.39 is 41.4 Å². The quantitative estimate of drug-likeness (QED) is 0.532. The molecule has 0 aliphatic carbocycles. The summed E-state index contributed by atoms with van der Waals surface area (Å²) in [5.74, 6) is -2.75. The number of amides is 2. The number of cyclic esters (lactones) is 1. The maximum Gasteiger partial charge on any atom is 0.407 e. The molecule has 0 saturated carbocycles. The van der Waals surface area contributed by atoms with E-state index in [1.54, 1.807) is 37.3 Å². The maximum atomic E-state index is 15.1. The van der Waals surface area contributed by atoms with Crippen LogP contribution in [0, 0.1) is 11.6 Å². The molecule has 3 atom stereocenters. The lowest BCUT2D eigenvalue weighted by atomic mass is 9.76. The van der Waals surface area contributed by atoms with Crippen LogP contribution in [0.5, 0.6) is 0 Å². The third-order valence-electron chi connectivity index (χ3n) is 6.43. The molecule has 2 fully saturated rings. The number of nitrogens with one attached hydrogen (secondary N) is 2. The van der Waals surface area contributed by atoms with Gasteiger partial charge in [0.15, 0.2) is 17.7 Å². The molecule has 2 aliphatic heterocycles. The largest absolute Gasteiger partial charge is 0.443 e. The van der Waals surface area contributed by atoms with E-state index in [1.165, 1.54) is 16.0 Å². The van der Waals surface area contributed by atoms with Crippen LogP contribution in [0.4, 0.5) is 24.0 Å². The van der Waals surface area contributed by atoms with E-state index >= 15 is 4.39 Å². The van der Waals surface area contributed by atoms with Crippen molar-refractivity contribution in [1.29, 1.82) is 0 Å². The lowest BCUT2D eigenvalue weighted by molar-refractivity contribution is -0.135. The van der Waals surface area contributed by atoms with Crippen molar-refractivity contribution in [2.24, 2.45) is 0 Å². The topological polar surface area (TPSA) is 99.9 Å². The van der Waals surface area contributed by atoms with E-state index in [9.17, 15) is 18.4 Å². The predicted octanol–water partition coefficient (Wildman–Crippen LogP) is 2.62. The smallest absolute Gasteiger partial charge is 0.407 e. The van der Waals surface area contributed by atoms with Gasteiger partial charge in [0.1, 0.15) is 17.0 Å². The molecule has 2 aliphatic rings. The number of carbonyl (C=O) groups is 2. The van der Waals surface area contributed by atoms with Crippen LogP contribution >= 0.6 is 0 Å². The first kappa shape index (κ1) is 23.0.